The Morgan fingerprint density at radius 2 is 1.92 bits per heavy atom. The number of rotatable bonds is 2. The standard InChI is InChI=1S/C10H11BrO2/c1-7(10(12)13-2)8-3-5-9(11)6-4-8/h3-7H,1-2H3/t7-/m1/s1. The van der Waals surface area contributed by atoms with Crippen LogP contribution in [0.15, 0.2) is 28.7 Å². The van der Waals surface area contributed by atoms with Gasteiger partial charge in [0, 0.05) is 4.47 Å². The molecule has 0 unspecified atom stereocenters. The number of carbonyl (C=O) groups excluding carboxylic acids is 1. The van der Waals surface area contributed by atoms with Crippen molar-refractivity contribution in [2.75, 3.05) is 7.11 Å². The van der Waals surface area contributed by atoms with Crippen LogP contribution in [0.1, 0.15) is 18.4 Å². The van der Waals surface area contributed by atoms with E-state index in [2.05, 4.69) is 20.7 Å². The van der Waals surface area contributed by atoms with Crippen LogP contribution in [-0.4, -0.2) is 13.1 Å². The van der Waals surface area contributed by atoms with E-state index in [1.165, 1.54) is 7.11 Å². The summed E-state index contributed by atoms with van der Waals surface area (Å²) >= 11 is 3.33. The zero-order chi connectivity index (χ0) is 9.84. The maximum absolute atomic E-state index is 11.2. The van der Waals surface area contributed by atoms with Gasteiger partial charge >= 0.3 is 5.97 Å². The quantitative estimate of drug-likeness (QED) is 0.746. The Morgan fingerprint density at radius 1 is 1.38 bits per heavy atom. The van der Waals surface area contributed by atoms with E-state index in [4.69, 9.17) is 0 Å². The summed E-state index contributed by atoms with van der Waals surface area (Å²) < 4.78 is 5.65. The molecule has 0 aliphatic rings. The summed E-state index contributed by atoms with van der Waals surface area (Å²) in [5.41, 5.74) is 0.968. The maximum atomic E-state index is 11.2. The Hall–Kier alpha value is -0.830. The van der Waals surface area contributed by atoms with E-state index in [9.17, 15) is 4.79 Å². The van der Waals surface area contributed by atoms with Crippen molar-refractivity contribution >= 4 is 21.9 Å². The van der Waals surface area contributed by atoms with Gasteiger partial charge in [-0.05, 0) is 24.6 Å². The van der Waals surface area contributed by atoms with Gasteiger partial charge in [0.1, 0.15) is 0 Å². The third-order valence-corrected chi connectivity index (χ3v) is 2.45. The largest absolute Gasteiger partial charge is 0.469 e. The minimum Gasteiger partial charge on any atom is -0.469 e. The lowest BCUT2D eigenvalue weighted by Gasteiger charge is -2.08. The zero-order valence-electron chi connectivity index (χ0n) is 7.58. The Bertz CT molecular complexity index is 292. The molecule has 1 aromatic rings. The molecule has 0 aliphatic carbocycles. The second-order valence-corrected chi connectivity index (χ2v) is 3.71. The Labute approximate surface area is 86.0 Å². The fraction of sp³-hybridized carbons (Fsp3) is 0.300. The lowest BCUT2D eigenvalue weighted by atomic mass is 10.0. The molecule has 0 aromatic heterocycles. The highest BCUT2D eigenvalue weighted by Crippen LogP contribution is 2.19. The van der Waals surface area contributed by atoms with E-state index >= 15 is 0 Å². The van der Waals surface area contributed by atoms with Crippen LogP contribution in [0.5, 0.6) is 0 Å². The van der Waals surface area contributed by atoms with Gasteiger partial charge in [0.05, 0.1) is 13.0 Å². The van der Waals surface area contributed by atoms with E-state index in [0.29, 0.717) is 0 Å². The molecular weight excluding hydrogens is 232 g/mol. The van der Waals surface area contributed by atoms with Crippen LogP contribution < -0.4 is 0 Å². The van der Waals surface area contributed by atoms with Crippen LogP contribution in [0.25, 0.3) is 0 Å². The second-order valence-electron chi connectivity index (χ2n) is 2.80. The van der Waals surface area contributed by atoms with Crippen LogP contribution in [0.3, 0.4) is 0 Å². The average Bonchev–Trinajstić information content (AvgIpc) is 2.17. The lowest BCUT2D eigenvalue weighted by Crippen LogP contribution is -2.10. The van der Waals surface area contributed by atoms with Crippen molar-refractivity contribution in [1.29, 1.82) is 0 Å². The first-order valence-electron chi connectivity index (χ1n) is 3.98. The predicted molar refractivity (Wildman–Crippen MR) is 54.6 cm³/mol. The highest BCUT2D eigenvalue weighted by atomic mass is 79.9. The van der Waals surface area contributed by atoms with Crippen molar-refractivity contribution in [2.24, 2.45) is 0 Å². The molecule has 0 N–H and O–H groups in total. The molecule has 13 heavy (non-hydrogen) atoms. The molecule has 0 spiro atoms. The SMILES string of the molecule is COC(=O)[C@H](C)c1ccc(Br)cc1. The average molecular weight is 243 g/mol. The van der Waals surface area contributed by atoms with Crippen molar-refractivity contribution in [3.63, 3.8) is 0 Å². The van der Waals surface area contributed by atoms with Gasteiger partial charge in [0.2, 0.25) is 0 Å². The molecule has 0 aliphatic heterocycles. The highest BCUT2D eigenvalue weighted by molar-refractivity contribution is 9.10. The van der Waals surface area contributed by atoms with Crippen LogP contribution in [-0.2, 0) is 9.53 Å². The molecule has 3 heteroatoms. The molecule has 0 fully saturated rings. The summed E-state index contributed by atoms with van der Waals surface area (Å²) in [5.74, 6) is -0.402. The monoisotopic (exact) mass is 242 g/mol. The van der Waals surface area contributed by atoms with E-state index in [1.54, 1.807) is 0 Å². The van der Waals surface area contributed by atoms with Crippen molar-refractivity contribution in [1.82, 2.24) is 0 Å². The van der Waals surface area contributed by atoms with Crippen molar-refractivity contribution < 1.29 is 9.53 Å². The van der Waals surface area contributed by atoms with Gasteiger partial charge in [-0.3, -0.25) is 4.79 Å². The van der Waals surface area contributed by atoms with E-state index in [0.717, 1.165) is 10.0 Å². The normalized spacial score (nSPS) is 12.2. The molecule has 70 valence electrons. The molecule has 0 amide bonds. The van der Waals surface area contributed by atoms with Crippen LogP contribution >= 0.6 is 15.9 Å². The van der Waals surface area contributed by atoms with Crippen molar-refractivity contribution in [3.05, 3.63) is 34.3 Å². The van der Waals surface area contributed by atoms with Gasteiger partial charge in [-0.25, -0.2) is 0 Å². The number of ether oxygens (including phenoxy) is 1. The first kappa shape index (κ1) is 10.3. The Morgan fingerprint density at radius 3 is 2.38 bits per heavy atom. The Balaban J connectivity index is 2.83. The number of esters is 1. The summed E-state index contributed by atoms with van der Waals surface area (Å²) in [6.45, 7) is 1.83. The third kappa shape index (κ3) is 2.56. The second kappa shape index (κ2) is 4.42. The zero-order valence-corrected chi connectivity index (χ0v) is 9.17. The van der Waals surface area contributed by atoms with Crippen LogP contribution in [0.4, 0.5) is 0 Å². The van der Waals surface area contributed by atoms with Crippen LogP contribution in [0, 0.1) is 0 Å². The number of benzene rings is 1. The summed E-state index contributed by atoms with van der Waals surface area (Å²) in [4.78, 5) is 11.2. The minimum atomic E-state index is -0.206. The van der Waals surface area contributed by atoms with Gasteiger partial charge in [-0.1, -0.05) is 28.1 Å². The maximum Gasteiger partial charge on any atom is 0.312 e. The number of carbonyl (C=O) groups is 1. The van der Waals surface area contributed by atoms with Crippen molar-refractivity contribution in [3.8, 4) is 0 Å². The third-order valence-electron chi connectivity index (χ3n) is 1.92. The minimum absolute atomic E-state index is 0.196. The summed E-state index contributed by atoms with van der Waals surface area (Å²) in [6.07, 6.45) is 0. The molecule has 2 nitrogen and oxygen atoms in total. The summed E-state index contributed by atoms with van der Waals surface area (Å²) in [5, 5.41) is 0. The molecule has 1 atom stereocenters. The van der Waals surface area contributed by atoms with Gasteiger partial charge < -0.3 is 4.74 Å². The fourth-order valence-electron chi connectivity index (χ4n) is 1.06. The first-order valence-corrected chi connectivity index (χ1v) is 4.77. The van der Waals surface area contributed by atoms with Gasteiger partial charge in [0.25, 0.3) is 0 Å². The van der Waals surface area contributed by atoms with Gasteiger partial charge in [-0.15, -0.1) is 0 Å². The summed E-state index contributed by atoms with van der Waals surface area (Å²) in [6, 6.07) is 7.64. The molecular formula is C10H11BrO2. The molecule has 0 saturated carbocycles. The Kier molecular flexibility index (Phi) is 3.48. The van der Waals surface area contributed by atoms with E-state index < -0.39 is 0 Å². The predicted octanol–water partition coefficient (Wildman–Crippen LogP) is 2.73. The molecule has 1 aromatic carbocycles. The molecule has 0 saturated heterocycles. The van der Waals surface area contributed by atoms with Crippen LogP contribution in [0.2, 0.25) is 0 Å². The van der Waals surface area contributed by atoms with E-state index in [1.807, 2.05) is 31.2 Å². The topological polar surface area (TPSA) is 26.3 Å². The van der Waals surface area contributed by atoms with Gasteiger partial charge in [-0.2, -0.15) is 0 Å². The number of halogens is 1. The van der Waals surface area contributed by atoms with Gasteiger partial charge in [0.15, 0.2) is 0 Å². The molecule has 0 heterocycles. The van der Waals surface area contributed by atoms with Crippen molar-refractivity contribution in [2.45, 2.75) is 12.8 Å². The first-order chi connectivity index (χ1) is 6.15. The molecule has 0 radical (unpaired) electrons. The fourth-order valence-corrected chi connectivity index (χ4v) is 1.33. The number of hydrogen-bond donors (Lipinski definition) is 0. The number of methoxy groups -OCH3 is 1. The number of hydrogen-bond acceptors (Lipinski definition) is 2. The molecule has 0 bridgehead atoms. The smallest absolute Gasteiger partial charge is 0.312 e. The molecule has 1 rings (SSSR count). The highest BCUT2D eigenvalue weighted by Gasteiger charge is 2.14. The summed E-state index contributed by atoms with van der Waals surface area (Å²) in [7, 11) is 1.40. The van der Waals surface area contributed by atoms with E-state index in [-0.39, 0.29) is 11.9 Å². The lowest BCUT2D eigenvalue weighted by molar-refractivity contribution is -0.141.